The minimum Gasteiger partial charge on any atom is -0.467 e. The summed E-state index contributed by atoms with van der Waals surface area (Å²) in [4.78, 5) is 24.5. The molecule has 5 nitrogen and oxygen atoms in total. The van der Waals surface area contributed by atoms with Gasteiger partial charge in [-0.25, -0.2) is 9.59 Å². The Labute approximate surface area is 139 Å². The number of esters is 1. The van der Waals surface area contributed by atoms with Gasteiger partial charge < -0.3 is 14.8 Å². The second-order valence-corrected chi connectivity index (χ2v) is 7.02. The standard InChI is InChI=1S/C15H20ClNO4S/c1-15(2,3)21-14(19)17-12(13(18)20-4)9-22-11-7-5-10(16)6-8-11/h5-8,12H,9H2,1-4H3,(H,17,19)/t12-/m0/s1. The number of alkyl carbamates (subject to hydrolysis) is 1. The molecule has 1 aromatic carbocycles. The highest BCUT2D eigenvalue weighted by molar-refractivity contribution is 7.99. The van der Waals surface area contributed by atoms with Gasteiger partial charge in [-0.1, -0.05) is 11.6 Å². The van der Waals surface area contributed by atoms with E-state index in [1.807, 2.05) is 12.1 Å². The van der Waals surface area contributed by atoms with Crippen LogP contribution in [0.4, 0.5) is 4.79 Å². The number of carbonyl (C=O) groups is 2. The molecule has 22 heavy (non-hydrogen) atoms. The van der Waals surface area contributed by atoms with Crippen molar-refractivity contribution >= 4 is 35.4 Å². The van der Waals surface area contributed by atoms with Gasteiger partial charge >= 0.3 is 12.1 Å². The lowest BCUT2D eigenvalue weighted by atomic mass is 10.2. The Morgan fingerprint density at radius 3 is 2.36 bits per heavy atom. The zero-order valence-corrected chi connectivity index (χ0v) is 14.6. The Morgan fingerprint density at radius 2 is 1.86 bits per heavy atom. The van der Waals surface area contributed by atoms with E-state index in [1.165, 1.54) is 18.9 Å². The molecule has 0 aromatic heterocycles. The van der Waals surface area contributed by atoms with Crippen LogP contribution in [0.3, 0.4) is 0 Å². The summed E-state index contributed by atoms with van der Waals surface area (Å²) in [6.07, 6.45) is -0.653. The predicted octanol–water partition coefficient (Wildman–Crippen LogP) is 3.50. The van der Waals surface area contributed by atoms with Crippen LogP contribution in [0.25, 0.3) is 0 Å². The van der Waals surface area contributed by atoms with Gasteiger partial charge in [-0.3, -0.25) is 0 Å². The van der Waals surface area contributed by atoms with Crippen molar-refractivity contribution in [1.82, 2.24) is 5.32 Å². The molecule has 0 bridgehead atoms. The molecule has 0 aliphatic carbocycles. The second-order valence-electron chi connectivity index (χ2n) is 5.49. The van der Waals surface area contributed by atoms with Crippen LogP contribution in [0.1, 0.15) is 20.8 Å². The van der Waals surface area contributed by atoms with E-state index in [1.54, 1.807) is 32.9 Å². The molecule has 0 unspecified atom stereocenters. The molecule has 0 spiro atoms. The van der Waals surface area contributed by atoms with Gasteiger partial charge in [0.2, 0.25) is 0 Å². The quantitative estimate of drug-likeness (QED) is 0.653. The van der Waals surface area contributed by atoms with Crippen molar-refractivity contribution in [3.05, 3.63) is 29.3 Å². The molecular weight excluding hydrogens is 326 g/mol. The monoisotopic (exact) mass is 345 g/mol. The molecule has 0 aliphatic heterocycles. The summed E-state index contributed by atoms with van der Waals surface area (Å²) in [5.41, 5.74) is -0.631. The van der Waals surface area contributed by atoms with E-state index in [-0.39, 0.29) is 0 Å². The zero-order valence-electron chi connectivity index (χ0n) is 13.0. The largest absolute Gasteiger partial charge is 0.467 e. The van der Waals surface area contributed by atoms with Crippen LogP contribution in [0.15, 0.2) is 29.2 Å². The van der Waals surface area contributed by atoms with Crippen molar-refractivity contribution in [1.29, 1.82) is 0 Å². The maximum absolute atomic E-state index is 11.8. The first-order valence-electron chi connectivity index (χ1n) is 6.67. The SMILES string of the molecule is COC(=O)[C@H](CSc1ccc(Cl)cc1)NC(=O)OC(C)(C)C. The predicted molar refractivity (Wildman–Crippen MR) is 87.3 cm³/mol. The number of methoxy groups -OCH3 is 1. The molecule has 0 aliphatic rings. The third-order valence-electron chi connectivity index (χ3n) is 2.41. The Balaban J connectivity index is 2.63. The number of benzene rings is 1. The molecule has 0 fully saturated rings. The lowest BCUT2D eigenvalue weighted by Crippen LogP contribution is -2.45. The maximum Gasteiger partial charge on any atom is 0.408 e. The fraction of sp³-hybridized carbons (Fsp3) is 0.467. The molecule has 1 aromatic rings. The van der Waals surface area contributed by atoms with Crippen LogP contribution >= 0.6 is 23.4 Å². The van der Waals surface area contributed by atoms with Gasteiger partial charge in [-0.05, 0) is 45.0 Å². The molecule has 122 valence electrons. The molecule has 1 N–H and O–H groups in total. The van der Waals surface area contributed by atoms with Gasteiger partial charge in [0.15, 0.2) is 0 Å². The Morgan fingerprint density at radius 1 is 1.27 bits per heavy atom. The van der Waals surface area contributed by atoms with E-state index < -0.39 is 23.7 Å². The fourth-order valence-electron chi connectivity index (χ4n) is 1.47. The van der Waals surface area contributed by atoms with Crippen LogP contribution in [0.2, 0.25) is 5.02 Å². The molecule has 1 rings (SSSR count). The molecule has 0 radical (unpaired) electrons. The van der Waals surface area contributed by atoms with Crippen LogP contribution in [0, 0.1) is 0 Å². The summed E-state index contributed by atoms with van der Waals surface area (Å²) in [6.45, 7) is 5.26. The number of amides is 1. The van der Waals surface area contributed by atoms with Crippen LogP contribution in [-0.2, 0) is 14.3 Å². The Bertz CT molecular complexity index is 513. The number of hydrogen-bond donors (Lipinski definition) is 1. The van der Waals surface area contributed by atoms with E-state index in [0.717, 1.165) is 4.90 Å². The second kappa shape index (κ2) is 8.29. The number of rotatable bonds is 5. The highest BCUT2D eigenvalue weighted by atomic mass is 35.5. The first kappa shape index (κ1) is 18.6. The highest BCUT2D eigenvalue weighted by Gasteiger charge is 2.25. The summed E-state index contributed by atoms with van der Waals surface area (Å²) in [7, 11) is 1.28. The highest BCUT2D eigenvalue weighted by Crippen LogP contribution is 2.21. The van der Waals surface area contributed by atoms with Crippen molar-refractivity contribution < 1.29 is 19.1 Å². The molecule has 1 amide bonds. The topological polar surface area (TPSA) is 64.6 Å². The van der Waals surface area contributed by atoms with Crippen molar-refractivity contribution in [2.24, 2.45) is 0 Å². The van der Waals surface area contributed by atoms with Crippen molar-refractivity contribution in [3.8, 4) is 0 Å². The van der Waals surface area contributed by atoms with E-state index in [0.29, 0.717) is 10.8 Å². The van der Waals surface area contributed by atoms with E-state index in [9.17, 15) is 9.59 Å². The Kier molecular flexibility index (Phi) is 7.03. The van der Waals surface area contributed by atoms with Gasteiger partial charge in [0.05, 0.1) is 7.11 Å². The lowest BCUT2D eigenvalue weighted by molar-refractivity contribution is -0.142. The maximum atomic E-state index is 11.8. The zero-order chi connectivity index (χ0) is 16.8. The summed E-state index contributed by atoms with van der Waals surface area (Å²) < 4.78 is 9.85. The van der Waals surface area contributed by atoms with Gasteiger partial charge in [0.25, 0.3) is 0 Å². The summed E-state index contributed by atoms with van der Waals surface area (Å²) in [5, 5.41) is 3.16. The van der Waals surface area contributed by atoms with Gasteiger partial charge in [0, 0.05) is 15.7 Å². The first-order chi connectivity index (χ1) is 10.2. The summed E-state index contributed by atoms with van der Waals surface area (Å²) in [6, 6.07) is 6.42. The lowest BCUT2D eigenvalue weighted by Gasteiger charge is -2.22. The average Bonchev–Trinajstić information content (AvgIpc) is 2.42. The number of ether oxygens (including phenoxy) is 2. The van der Waals surface area contributed by atoms with Crippen molar-refractivity contribution in [2.45, 2.75) is 37.3 Å². The normalized spacial score (nSPS) is 12.4. The van der Waals surface area contributed by atoms with Gasteiger partial charge in [-0.2, -0.15) is 0 Å². The molecule has 0 heterocycles. The third kappa shape index (κ3) is 7.04. The van der Waals surface area contributed by atoms with Gasteiger partial charge in [-0.15, -0.1) is 11.8 Å². The molecular formula is C15H20ClNO4S. The number of hydrogen-bond acceptors (Lipinski definition) is 5. The first-order valence-corrected chi connectivity index (χ1v) is 8.03. The smallest absolute Gasteiger partial charge is 0.408 e. The van der Waals surface area contributed by atoms with Crippen molar-refractivity contribution in [2.75, 3.05) is 12.9 Å². The third-order valence-corrected chi connectivity index (χ3v) is 3.76. The average molecular weight is 346 g/mol. The minimum atomic E-state index is -0.791. The number of thioether (sulfide) groups is 1. The molecule has 0 saturated heterocycles. The van der Waals surface area contributed by atoms with Crippen LogP contribution in [-0.4, -0.2) is 36.6 Å². The van der Waals surface area contributed by atoms with E-state index >= 15 is 0 Å². The van der Waals surface area contributed by atoms with Crippen LogP contribution in [0.5, 0.6) is 0 Å². The van der Waals surface area contributed by atoms with Crippen molar-refractivity contribution in [3.63, 3.8) is 0 Å². The summed E-state index contributed by atoms with van der Waals surface area (Å²) in [5.74, 6) is -0.194. The molecule has 0 saturated carbocycles. The van der Waals surface area contributed by atoms with Gasteiger partial charge in [0.1, 0.15) is 11.6 Å². The molecule has 1 atom stereocenters. The number of halogens is 1. The fourth-order valence-corrected chi connectivity index (χ4v) is 2.50. The van der Waals surface area contributed by atoms with E-state index in [2.05, 4.69) is 5.32 Å². The molecule has 7 heteroatoms. The van der Waals surface area contributed by atoms with Crippen LogP contribution < -0.4 is 5.32 Å². The number of nitrogens with one attached hydrogen (secondary N) is 1. The number of carbonyl (C=O) groups excluding carboxylic acids is 2. The minimum absolute atomic E-state index is 0.327. The van der Waals surface area contributed by atoms with E-state index in [4.69, 9.17) is 21.1 Å². The summed E-state index contributed by atoms with van der Waals surface area (Å²) >= 11 is 7.23. The Hall–Kier alpha value is -1.40.